The Morgan fingerprint density at radius 2 is 2.11 bits per heavy atom. The van der Waals surface area contributed by atoms with Crippen molar-refractivity contribution in [2.24, 2.45) is 5.73 Å². The van der Waals surface area contributed by atoms with Crippen LogP contribution in [0, 0.1) is 0 Å². The number of hydrogen-bond donors (Lipinski definition) is 2. The molecule has 0 unspecified atom stereocenters. The Labute approximate surface area is 115 Å². The molecule has 0 fully saturated rings. The molecule has 1 heterocycles. The predicted molar refractivity (Wildman–Crippen MR) is 77.3 cm³/mol. The van der Waals surface area contributed by atoms with E-state index in [1.165, 1.54) is 0 Å². The Hall–Kier alpha value is -1.46. The molecule has 0 spiro atoms. The van der Waals surface area contributed by atoms with Crippen molar-refractivity contribution in [1.29, 1.82) is 0 Å². The van der Waals surface area contributed by atoms with Gasteiger partial charge in [0.1, 0.15) is 6.33 Å². The van der Waals surface area contributed by atoms with E-state index in [0.29, 0.717) is 6.54 Å². The van der Waals surface area contributed by atoms with Crippen LogP contribution in [0.2, 0.25) is 0 Å². The maximum absolute atomic E-state index is 5.49. The van der Waals surface area contributed by atoms with Gasteiger partial charge in [-0.05, 0) is 19.0 Å². The average molecular weight is 307 g/mol. The minimum Gasteiger partial charge on any atom is -0.382 e. The fourth-order valence-corrected chi connectivity index (χ4v) is 2.12. The lowest BCUT2D eigenvalue weighted by Crippen LogP contribution is -2.09. The Morgan fingerprint density at radius 3 is 2.89 bits per heavy atom. The molecule has 0 bridgehead atoms. The number of hydrogen-bond acceptors (Lipinski definition) is 4. The summed E-state index contributed by atoms with van der Waals surface area (Å²) < 4.78 is 1.02. The van der Waals surface area contributed by atoms with E-state index in [1.54, 1.807) is 12.5 Å². The lowest BCUT2D eigenvalue weighted by Gasteiger charge is -2.11. The van der Waals surface area contributed by atoms with Gasteiger partial charge in [0, 0.05) is 16.6 Å². The van der Waals surface area contributed by atoms with E-state index in [0.717, 1.165) is 34.4 Å². The Morgan fingerprint density at radius 1 is 1.28 bits per heavy atom. The van der Waals surface area contributed by atoms with Gasteiger partial charge in [-0.2, -0.15) is 0 Å². The van der Waals surface area contributed by atoms with Crippen LogP contribution in [-0.2, 0) is 0 Å². The van der Waals surface area contributed by atoms with Gasteiger partial charge in [-0.15, -0.1) is 0 Å². The zero-order valence-corrected chi connectivity index (χ0v) is 11.5. The monoisotopic (exact) mass is 306 g/mol. The molecule has 0 saturated carbocycles. The van der Waals surface area contributed by atoms with Gasteiger partial charge in [0.25, 0.3) is 0 Å². The van der Waals surface area contributed by atoms with Crippen molar-refractivity contribution in [2.45, 2.75) is 6.42 Å². The summed E-state index contributed by atoms with van der Waals surface area (Å²) in [6.45, 7) is 1.49. The molecule has 0 aliphatic carbocycles. The average Bonchev–Trinajstić information content (AvgIpc) is 2.40. The van der Waals surface area contributed by atoms with Crippen LogP contribution in [-0.4, -0.2) is 23.1 Å². The summed E-state index contributed by atoms with van der Waals surface area (Å²) in [5.41, 5.74) is 8.36. The third kappa shape index (κ3) is 3.05. The highest BCUT2D eigenvalue weighted by molar-refractivity contribution is 9.10. The first-order valence-corrected chi connectivity index (χ1v) is 6.61. The molecule has 2 aromatic rings. The van der Waals surface area contributed by atoms with Crippen LogP contribution in [0.3, 0.4) is 0 Å². The Kier molecular flexibility index (Phi) is 4.66. The molecule has 18 heavy (non-hydrogen) atoms. The van der Waals surface area contributed by atoms with Crippen molar-refractivity contribution >= 4 is 21.6 Å². The summed E-state index contributed by atoms with van der Waals surface area (Å²) >= 11 is 3.54. The van der Waals surface area contributed by atoms with E-state index in [9.17, 15) is 0 Å². The number of aromatic nitrogens is 2. The second kappa shape index (κ2) is 6.47. The first kappa shape index (κ1) is 13.0. The Balaban J connectivity index is 2.30. The van der Waals surface area contributed by atoms with E-state index >= 15 is 0 Å². The van der Waals surface area contributed by atoms with Crippen molar-refractivity contribution in [3.8, 4) is 11.3 Å². The summed E-state index contributed by atoms with van der Waals surface area (Å²) in [7, 11) is 0. The van der Waals surface area contributed by atoms with Crippen molar-refractivity contribution in [3.05, 3.63) is 41.3 Å². The molecule has 0 amide bonds. The topological polar surface area (TPSA) is 63.8 Å². The molecule has 5 heteroatoms. The van der Waals surface area contributed by atoms with E-state index in [2.05, 4.69) is 31.2 Å². The Bertz CT molecular complexity index is 516. The van der Waals surface area contributed by atoms with Crippen molar-refractivity contribution in [2.75, 3.05) is 18.4 Å². The summed E-state index contributed by atoms with van der Waals surface area (Å²) in [6.07, 6.45) is 4.27. The van der Waals surface area contributed by atoms with Crippen molar-refractivity contribution in [1.82, 2.24) is 9.97 Å². The minimum absolute atomic E-state index is 0.672. The van der Waals surface area contributed by atoms with E-state index in [4.69, 9.17) is 5.73 Å². The molecule has 0 radical (unpaired) electrons. The molecular weight excluding hydrogens is 292 g/mol. The molecular formula is C13H15BrN4. The van der Waals surface area contributed by atoms with Crippen LogP contribution < -0.4 is 11.1 Å². The molecule has 0 atom stereocenters. The molecule has 2 rings (SSSR count). The molecule has 4 nitrogen and oxygen atoms in total. The third-order valence-corrected chi connectivity index (χ3v) is 3.23. The summed E-state index contributed by atoms with van der Waals surface area (Å²) in [4.78, 5) is 8.41. The number of halogens is 1. The highest BCUT2D eigenvalue weighted by atomic mass is 79.9. The summed E-state index contributed by atoms with van der Waals surface area (Å²) in [5, 5.41) is 3.31. The van der Waals surface area contributed by atoms with Crippen LogP contribution in [0.5, 0.6) is 0 Å². The van der Waals surface area contributed by atoms with Gasteiger partial charge in [0.05, 0.1) is 17.6 Å². The van der Waals surface area contributed by atoms with Gasteiger partial charge in [0.15, 0.2) is 0 Å². The van der Waals surface area contributed by atoms with Gasteiger partial charge in [-0.3, -0.25) is 0 Å². The van der Waals surface area contributed by atoms with Gasteiger partial charge in [0.2, 0.25) is 0 Å². The molecule has 0 aliphatic heterocycles. The highest BCUT2D eigenvalue weighted by Crippen LogP contribution is 2.30. The van der Waals surface area contributed by atoms with Crippen molar-refractivity contribution < 1.29 is 0 Å². The van der Waals surface area contributed by atoms with Crippen LogP contribution in [0.15, 0.2) is 41.3 Å². The van der Waals surface area contributed by atoms with Crippen LogP contribution >= 0.6 is 15.9 Å². The maximum atomic E-state index is 5.49. The summed E-state index contributed by atoms with van der Waals surface area (Å²) in [6, 6.07) is 8.00. The number of nitrogens with two attached hydrogens (primary N) is 1. The largest absolute Gasteiger partial charge is 0.382 e. The van der Waals surface area contributed by atoms with E-state index in [-0.39, 0.29) is 0 Å². The lowest BCUT2D eigenvalue weighted by molar-refractivity contribution is 0.873. The normalized spacial score (nSPS) is 10.3. The number of benzene rings is 1. The molecule has 1 aromatic carbocycles. The second-order valence-electron chi connectivity index (χ2n) is 3.83. The molecule has 0 saturated heterocycles. The SMILES string of the molecule is NCCCNc1cncnc1-c1ccccc1Br. The molecule has 1 aromatic heterocycles. The zero-order valence-electron chi connectivity index (χ0n) is 9.94. The predicted octanol–water partition coefficient (Wildman–Crippen LogP) is 2.67. The first-order chi connectivity index (χ1) is 8.83. The van der Waals surface area contributed by atoms with Crippen LogP contribution in [0.4, 0.5) is 5.69 Å². The third-order valence-electron chi connectivity index (χ3n) is 2.54. The number of anilines is 1. The van der Waals surface area contributed by atoms with Crippen LogP contribution in [0.25, 0.3) is 11.3 Å². The number of nitrogens with one attached hydrogen (secondary N) is 1. The van der Waals surface area contributed by atoms with Gasteiger partial charge < -0.3 is 11.1 Å². The molecule has 3 N–H and O–H groups in total. The highest BCUT2D eigenvalue weighted by Gasteiger charge is 2.09. The van der Waals surface area contributed by atoms with Gasteiger partial charge in [-0.25, -0.2) is 9.97 Å². The fourth-order valence-electron chi connectivity index (χ4n) is 1.65. The van der Waals surface area contributed by atoms with Crippen LogP contribution in [0.1, 0.15) is 6.42 Å². The quantitative estimate of drug-likeness (QED) is 0.834. The molecule has 0 aliphatic rings. The van der Waals surface area contributed by atoms with E-state index < -0.39 is 0 Å². The minimum atomic E-state index is 0.672. The first-order valence-electron chi connectivity index (χ1n) is 5.82. The second-order valence-corrected chi connectivity index (χ2v) is 4.69. The molecule has 94 valence electrons. The smallest absolute Gasteiger partial charge is 0.116 e. The van der Waals surface area contributed by atoms with Gasteiger partial charge in [-0.1, -0.05) is 34.1 Å². The zero-order chi connectivity index (χ0) is 12.8. The van der Waals surface area contributed by atoms with Gasteiger partial charge >= 0.3 is 0 Å². The standard InChI is InChI=1S/C13H15BrN4/c14-11-5-2-1-4-10(11)13-12(8-16-9-18-13)17-7-3-6-15/h1-2,4-5,8-9,17H,3,6-7,15H2. The number of rotatable bonds is 5. The van der Waals surface area contributed by atoms with E-state index in [1.807, 2.05) is 24.3 Å². The fraction of sp³-hybridized carbons (Fsp3) is 0.231. The maximum Gasteiger partial charge on any atom is 0.116 e. The summed E-state index contributed by atoms with van der Waals surface area (Å²) in [5.74, 6) is 0. The lowest BCUT2D eigenvalue weighted by atomic mass is 10.1. The van der Waals surface area contributed by atoms with Crippen molar-refractivity contribution in [3.63, 3.8) is 0 Å². The number of nitrogens with zero attached hydrogens (tertiary/aromatic N) is 2.